The molecule has 0 unspecified atom stereocenters. The fraction of sp³-hybridized carbons (Fsp3) is 0.580. The number of alkyl carbamates (subject to hydrolysis) is 1. The van der Waals surface area contributed by atoms with Crippen LogP contribution in [0.4, 0.5) is 14.4 Å². The van der Waals surface area contributed by atoms with Crippen molar-refractivity contribution in [1.29, 1.82) is 0 Å². The zero-order valence-electron chi connectivity index (χ0n) is 42.0. The van der Waals surface area contributed by atoms with Crippen molar-refractivity contribution >= 4 is 112 Å². The number of hydrogen-bond acceptors (Lipinski definition) is 18. The normalized spacial score (nSPS) is 29.4. The van der Waals surface area contributed by atoms with Crippen molar-refractivity contribution in [2.75, 3.05) is 19.8 Å². The van der Waals surface area contributed by atoms with Crippen LogP contribution in [0.15, 0.2) is 71.8 Å². The minimum atomic E-state index is -2.67. The Morgan fingerprint density at radius 1 is 0.813 bits per heavy atom. The molecule has 75 heavy (non-hydrogen) atoms. The van der Waals surface area contributed by atoms with Crippen LogP contribution in [0.3, 0.4) is 0 Å². The van der Waals surface area contributed by atoms with Gasteiger partial charge in [0.25, 0.3) is 0 Å². The number of aliphatic hydroxyl groups is 2. The minimum Gasteiger partial charge on any atom is -0.456 e. The van der Waals surface area contributed by atoms with Crippen molar-refractivity contribution in [3.8, 4) is 0 Å². The molecular formula is C50H57Cl6NO18. The van der Waals surface area contributed by atoms with Gasteiger partial charge in [0.05, 0.1) is 29.5 Å². The highest BCUT2D eigenvalue weighted by Crippen LogP contribution is 2.65. The molecule has 1 saturated heterocycles. The first-order valence-electron chi connectivity index (χ1n) is 23.3. The van der Waals surface area contributed by atoms with Gasteiger partial charge in [-0.2, -0.15) is 0 Å². The zero-order valence-corrected chi connectivity index (χ0v) is 46.6. The Hall–Kier alpha value is -4.31. The first kappa shape index (κ1) is 59.9. The van der Waals surface area contributed by atoms with E-state index in [1.165, 1.54) is 64.1 Å². The van der Waals surface area contributed by atoms with Crippen LogP contribution in [0.25, 0.3) is 0 Å². The van der Waals surface area contributed by atoms with E-state index in [1.54, 1.807) is 45.0 Å². The zero-order chi connectivity index (χ0) is 56.1. The molecule has 1 aliphatic heterocycles. The molecule has 0 radical (unpaired) electrons. The van der Waals surface area contributed by atoms with Gasteiger partial charge >= 0.3 is 36.3 Å². The predicted octanol–water partition coefficient (Wildman–Crippen LogP) is 8.71. The molecule has 2 saturated carbocycles. The van der Waals surface area contributed by atoms with Crippen molar-refractivity contribution in [1.82, 2.24) is 5.32 Å². The topological polar surface area (TPSA) is 255 Å². The van der Waals surface area contributed by atoms with Gasteiger partial charge in [0.1, 0.15) is 48.8 Å². The summed E-state index contributed by atoms with van der Waals surface area (Å²) in [6.45, 7) is 10.2. The number of benzene rings is 2. The summed E-state index contributed by atoms with van der Waals surface area (Å²) in [5.41, 5.74) is -12.9. The molecule has 1 amide bonds. The molecule has 0 spiro atoms. The summed E-state index contributed by atoms with van der Waals surface area (Å²) < 4.78 is 48.1. The average molecular weight is 1170 g/mol. The lowest BCUT2D eigenvalue weighted by Gasteiger charge is -2.67. The van der Waals surface area contributed by atoms with Crippen LogP contribution in [0.2, 0.25) is 0 Å². The first-order valence-corrected chi connectivity index (χ1v) is 25.6. The summed E-state index contributed by atoms with van der Waals surface area (Å²) in [6.07, 6.45) is -14.4. The molecule has 25 heteroatoms. The quantitative estimate of drug-likeness (QED) is 0.0777. The molecular weight excluding hydrogens is 1120 g/mol. The average Bonchev–Trinajstić information content (AvgIpc) is 3.29. The van der Waals surface area contributed by atoms with Gasteiger partial charge in [-0.05, 0) is 70.4 Å². The Balaban J connectivity index is 1.63. The molecule has 11 atom stereocenters. The third-order valence-electron chi connectivity index (χ3n) is 14.0. The highest BCUT2D eigenvalue weighted by atomic mass is 35.6. The van der Waals surface area contributed by atoms with Gasteiger partial charge in [-0.25, -0.2) is 24.0 Å². The van der Waals surface area contributed by atoms with Gasteiger partial charge in [0, 0.05) is 25.2 Å². The maximum Gasteiger partial charge on any atom is 0.509 e. The Kier molecular flexibility index (Phi) is 17.5. The van der Waals surface area contributed by atoms with Crippen molar-refractivity contribution < 1.29 is 86.4 Å². The molecule has 3 N–H and O–H groups in total. The second-order valence-electron chi connectivity index (χ2n) is 20.7. The molecule has 3 aliphatic carbocycles. The van der Waals surface area contributed by atoms with Crippen LogP contribution in [0, 0.1) is 16.7 Å². The van der Waals surface area contributed by atoms with E-state index in [-0.39, 0.29) is 22.3 Å². The van der Waals surface area contributed by atoms with E-state index in [1.807, 2.05) is 0 Å². The van der Waals surface area contributed by atoms with Crippen LogP contribution in [0.1, 0.15) is 97.1 Å². The second kappa shape index (κ2) is 21.8. The number of esters is 3. The summed E-state index contributed by atoms with van der Waals surface area (Å²) in [5, 5.41) is 29.0. The molecule has 19 nitrogen and oxygen atoms in total. The molecule has 2 bridgehead atoms. The Labute approximate surface area is 462 Å². The molecule has 6 rings (SSSR count). The van der Waals surface area contributed by atoms with Gasteiger partial charge in [-0.3, -0.25) is 9.59 Å². The van der Waals surface area contributed by atoms with Gasteiger partial charge < -0.3 is 58.2 Å². The van der Waals surface area contributed by atoms with E-state index in [0.717, 1.165) is 13.8 Å². The summed E-state index contributed by atoms with van der Waals surface area (Å²) >= 11 is 35.4. The standard InChI is InChI=1S/C50H57Cl6NO18/c1-25-29(70-39(61)46(9,65)35(27-16-12-10-13-17-27)57-40(62)75-43(3,4)5)21-48(66)37(73-38(60)28-18-14-11-15-19-28)34-45(8,36(59)33(32(25)44(48,6)7)72-42(64)69-24-50(54,55)56)30(71-41(63)68-23-49(51,52)53)20-31-47(34,22-67-31)74-26(2)58/h10-19,29-31,33-35,37,65-66H,20-24H2,1-9H3,(H,57,62)/t29-,30-,31+,33+,34-,35-,37-,45+,46+,47-,48+/m0/s1. The van der Waals surface area contributed by atoms with Gasteiger partial charge in [-0.15, -0.1) is 0 Å². The lowest BCUT2D eigenvalue weighted by atomic mass is 9.44. The van der Waals surface area contributed by atoms with Gasteiger partial charge in [-0.1, -0.05) is 132 Å². The third kappa shape index (κ3) is 12.5. The fourth-order valence-corrected chi connectivity index (χ4v) is 10.9. The van der Waals surface area contributed by atoms with Crippen molar-refractivity contribution in [3.63, 3.8) is 0 Å². The van der Waals surface area contributed by atoms with E-state index in [2.05, 4.69) is 5.32 Å². The molecule has 412 valence electrons. The van der Waals surface area contributed by atoms with Gasteiger partial charge in [0.15, 0.2) is 23.1 Å². The number of alkyl halides is 6. The number of halogens is 6. The van der Waals surface area contributed by atoms with Crippen LogP contribution in [-0.4, -0.2) is 133 Å². The Morgan fingerprint density at radius 3 is 1.87 bits per heavy atom. The number of carbonyl (C=O) groups excluding carboxylic acids is 7. The number of amides is 1. The number of carbonyl (C=O) groups is 7. The fourth-order valence-electron chi connectivity index (χ4n) is 10.5. The summed E-state index contributed by atoms with van der Waals surface area (Å²) in [6, 6.07) is 13.8. The number of Topliss-reactive ketones (excluding diaryl/α,β-unsaturated/α-hetero) is 1. The van der Waals surface area contributed by atoms with Crippen molar-refractivity contribution in [3.05, 3.63) is 82.9 Å². The smallest absolute Gasteiger partial charge is 0.456 e. The summed E-state index contributed by atoms with van der Waals surface area (Å²) in [5.74, 6) is -6.41. The SMILES string of the molecule is CC(=O)O[C@@]12CO[C@@H]1C[C@H](OC(=O)OCC(Cl)(Cl)Cl)[C@@]1(C)C(=O)[C@H](OC(=O)OCC(Cl)(Cl)Cl)C3=C(C)[C@@H](OC(=O)[C@](C)(O)[C@@H](NC(=O)OC(C)(C)C)c4ccccc4)C[C@@](O)([C@@H](OC(=O)c4ccccc4)[C@H]21)C3(C)C. The molecule has 2 aromatic rings. The number of ether oxygens (including phenoxy) is 9. The summed E-state index contributed by atoms with van der Waals surface area (Å²) in [7, 11) is 0. The van der Waals surface area contributed by atoms with E-state index in [9.17, 15) is 39.0 Å². The van der Waals surface area contributed by atoms with E-state index >= 15 is 4.79 Å². The maximum atomic E-state index is 16.3. The minimum absolute atomic E-state index is 0.0529. The number of fused-ring (bicyclic) bond motifs is 5. The van der Waals surface area contributed by atoms with Crippen LogP contribution >= 0.6 is 69.6 Å². The highest BCUT2D eigenvalue weighted by Gasteiger charge is 2.79. The molecule has 1 heterocycles. The lowest BCUT2D eigenvalue weighted by molar-refractivity contribution is -0.346. The summed E-state index contributed by atoms with van der Waals surface area (Å²) in [4.78, 5) is 100. The van der Waals surface area contributed by atoms with E-state index in [4.69, 9.17) is 112 Å². The van der Waals surface area contributed by atoms with E-state index < -0.39 is 158 Å². The largest absolute Gasteiger partial charge is 0.509 e. The monoisotopic (exact) mass is 1170 g/mol. The van der Waals surface area contributed by atoms with Gasteiger partial charge in [0.2, 0.25) is 7.59 Å². The Morgan fingerprint density at radius 2 is 1.36 bits per heavy atom. The first-order chi connectivity index (χ1) is 34.5. The molecule has 3 fully saturated rings. The van der Waals surface area contributed by atoms with Crippen LogP contribution in [-0.2, 0) is 57.0 Å². The number of rotatable bonds is 12. The van der Waals surface area contributed by atoms with Crippen molar-refractivity contribution in [2.45, 2.75) is 142 Å². The number of nitrogens with one attached hydrogen (secondary N) is 1. The van der Waals surface area contributed by atoms with Crippen LogP contribution in [0.5, 0.6) is 0 Å². The number of hydrogen-bond donors (Lipinski definition) is 3. The third-order valence-corrected chi connectivity index (χ3v) is 14.7. The maximum absolute atomic E-state index is 16.3. The predicted molar refractivity (Wildman–Crippen MR) is 269 cm³/mol. The molecule has 4 aliphatic rings. The molecule has 2 aromatic carbocycles. The number of ketones is 1. The van der Waals surface area contributed by atoms with Crippen molar-refractivity contribution in [2.24, 2.45) is 16.7 Å². The Bertz CT molecular complexity index is 2560. The highest BCUT2D eigenvalue weighted by molar-refractivity contribution is 6.68. The van der Waals surface area contributed by atoms with Crippen LogP contribution < -0.4 is 5.32 Å². The molecule has 0 aromatic heterocycles. The lowest BCUT2D eigenvalue weighted by Crippen LogP contribution is -2.82. The second-order valence-corrected chi connectivity index (χ2v) is 25.7. The van der Waals surface area contributed by atoms with E-state index in [0.29, 0.717) is 0 Å².